The van der Waals surface area contributed by atoms with Gasteiger partial charge in [0.2, 0.25) is 0 Å². The average molecular weight is 334 g/mol. The number of esters is 1. The van der Waals surface area contributed by atoms with Crippen LogP contribution in [0.5, 0.6) is 0 Å². The largest absolute Gasteiger partial charge is 0.467 e. The van der Waals surface area contributed by atoms with Gasteiger partial charge in [-0.3, -0.25) is 19.7 Å². The van der Waals surface area contributed by atoms with E-state index in [0.29, 0.717) is 19.3 Å². The smallest absolute Gasteiger partial charge is 0.328 e. The van der Waals surface area contributed by atoms with Crippen LogP contribution in [0.3, 0.4) is 0 Å². The first-order valence-electron chi connectivity index (χ1n) is 7.57. The van der Waals surface area contributed by atoms with Gasteiger partial charge in [0.15, 0.2) is 0 Å². The summed E-state index contributed by atoms with van der Waals surface area (Å²) in [6, 6.07) is 4.27. The Bertz CT molecular complexity index is 672. The first-order valence-corrected chi connectivity index (χ1v) is 7.57. The lowest BCUT2D eigenvalue weighted by molar-refractivity contribution is -0.384. The monoisotopic (exact) mass is 334 g/mol. The number of nitrogens with zero attached hydrogens (tertiary/aromatic N) is 1. The van der Waals surface area contributed by atoms with E-state index >= 15 is 0 Å². The van der Waals surface area contributed by atoms with Gasteiger partial charge in [-0.25, -0.2) is 4.79 Å². The lowest BCUT2D eigenvalue weighted by Gasteiger charge is -2.28. The van der Waals surface area contributed by atoms with Crippen molar-refractivity contribution < 1.29 is 24.0 Å². The molecule has 1 aliphatic carbocycles. The number of carbonyl (C=O) groups excluding carboxylic acids is 3. The van der Waals surface area contributed by atoms with Crippen molar-refractivity contribution in [1.29, 1.82) is 0 Å². The first kappa shape index (κ1) is 17.6. The van der Waals surface area contributed by atoms with Crippen LogP contribution < -0.4 is 5.32 Å². The van der Waals surface area contributed by atoms with Gasteiger partial charge in [-0.15, -0.1) is 0 Å². The highest BCUT2D eigenvalue weighted by atomic mass is 16.6. The molecule has 0 radical (unpaired) electrons. The number of rotatable bonds is 5. The molecule has 0 unspecified atom stereocenters. The van der Waals surface area contributed by atoms with Crippen molar-refractivity contribution in [1.82, 2.24) is 5.32 Å². The van der Waals surface area contributed by atoms with Gasteiger partial charge >= 0.3 is 5.97 Å². The number of amides is 1. The molecule has 2 atom stereocenters. The topological polar surface area (TPSA) is 116 Å². The SMILES string of the molecule is COC(=O)[C@@H](NC(=O)c1cccc([N+](=O)[O-])c1)[C@H]1CCCC(=O)C1. The van der Waals surface area contributed by atoms with Crippen LogP contribution in [0.15, 0.2) is 24.3 Å². The third-order valence-corrected chi connectivity index (χ3v) is 4.05. The summed E-state index contributed by atoms with van der Waals surface area (Å²) in [5, 5.41) is 13.4. The van der Waals surface area contributed by atoms with Crippen LogP contribution in [-0.2, 0) is 14.3 Å². The molecule has 0 aliphatic heterocycles. The Hall–Kier alpha value is -2.77. The quantitative estimate of drug-likeness (QED) is 0.497. The van der Waals surface area contributed by atoms with Crippen molar-refractivity contribution in [2.75, 3.05) is 7.11 Å². The fraction of sp³-hybridized carbons (Fsp3) is 0.438. The normalized spacial score (nSPS) is 18.5. The summed E-state index contributed by atoms with van der Waals surface area (Å²) < 4.78 is 4.73. The minimum Gasteiger partial charge on any atom is -0.467 e. The summed E-state index contributed by atoms with van der Waals surface area (Å²) in [7, 11) is 1.21. The molecule has 1 aromatic carbocycles. The second kappa shape index (κ2) is 7.67. The Kier molecular flexibility index (Phi) is 5.62. The van der Waals surface area contributed by atoms with Gasteiger partial charge < -0.3 is 10.1 Å². The molecule has 24 heavy (non-hydrogen) atoms. The summed E-state index contributed by atoms with van der Waals surface area (Å²) in [5.41, 5.74) is -0.148. The molecule has 128 valence electrons. The molecule has 1 saturated carbocycles. The van der Waals surface area contributed by atoms with Crippen molar-refractivity contribution in [2.45, 2.75) is 31.7 Å². The van der Waals surface area contributed by atoms with E-state index in [1.807, 2.05) is 0 Å². The number of Topliss-reactive ketones (excluding diaryl/α,β-unsaturated/α-hetero) is 1. The molecule has 1 N–H and O–H groups in total. The van der Waals surface area contributed by atoms with Gasteiger partial charge in [0.25, 0.3) is 11.6 Å². The molecule has 1 aromatic rings. The van der Waals surface area contributed by atoms with Crippen LogP contribution in [0.2, 0.25) is 0 Å². The number of non-ortho nitro benzene ring substituents is 1. The zero-order valence-corrected chi connectivity index (χ0v) is 13.2. The zero-order valence-electron chi connectivity index (χ0n) is 13.2. The second-order valence-electron chi connectivity index (χ2n) is 5.68. The predicted molar refractivity (Wildman–Crippen MR) is 83.3 cm³/mol. The lowest BCUT2D eigenvalue weighted by atomic mass is 9.83. The zero-order chi connectivity index (χ0) is 17.7. The second-order valence-corrected chi connectivity index (χ2v) is 5.68. The van der Waals surface area contributed by atoms with E-state index in [-0.39, 0.29) is 29.4 Å². The Morgan fingerprint density at radius 3 is 2.79 bits per heavy atom. The number of nitro benzene ring substituents is 1. The van der Waals surface area contributed by atoms with Crippen LogP contribution in [0.1, 0.15) is 36.0 Å². The van der Waals surface area contributed by atoms with E-state index < -0.39 is 22.8 Å². The number of hydrogen-bond donors (Lipinski definition) is 1. The van der Waals surface area contributed by atoms with E-state index in [1.165, 1.54) is 25.3 Å². The third-order valence-electron chi connectivity index (χ3n) is 4.05. The van der Waals surface area contributed by atoms with E-state index in [1.54, 1.807) is 0 Å². The van der Waals surface area contributed by atoms with Crippen LogP contribution in [0, 0.1) is 16.0 Å². The number of benzene rings is 1. The minimum atomic E-state index is -0.953. The number of carbonyl (C=O) groups is 3. The maximum absolute atomic E-state index is 12.3. The van der Waals surface area contributed by atoms with E-state index in [9.17, 15) is 24.5 Å². The number of ether oxygens (including phenoxy) is 1. The molecule has 1 amide bonds. The maximum Gasteiger partial charge on any atom is 0.328 e. The van der Waals surface area contributed by atoms with Crippen LogP contribution in [0.25, 0.3) is 0 Å². The first-order chi connectivity index (χ1) is 11.4. The number of hydrogen-bond acceptors (Lipinski definition) is 6. The molecule has 8 nitrogen and oxygen atoms in total. The molecular weight excluding hydrogens is 316 g/mol. The van der Waals surface area contributed by atoms with Crippen molar-refractivity contribution in [3.8, 4) is 0 Å². The molecule has 1 aliphatic rings. The number of ketones is 1. The van der Waals surface area contributed by atoms with Crippen molar-refractivity contribution in [2.24, 2.45) is 5.92 Å². The average Bonchev–Trinajstić information content (AvgIpc) is 2.58. The molecule has 1 fully saturated rings. The Morgan fingerprint density at radius 2 is 2.17 bits per heavy atom. The van der Waals surface area contributed by atoms with Gasteiger partial charge in [0.05, 0.1) is 12.0 Å². The lowest BCUT2D eigenvalue weighted by Crippen LogP contribution is -2.48. The highest BCUT2D eigenvalue weighted by Gasteiger charge is 2.34. The van der Waals surface area contributed by atoms with Crippen LogP contribution >= 0.6 is 0 Å². The summed E-state index contributed by atoms with van der Waals surface area (Å²) >= 11 is 0. The molecule has 0 aromatic heterocycles. The summed E-state index contributed by atoms with van der Waals surface area (Å²) in [6.07, 6.45) is 1.96. The van der Waals surface area contributed by atoms with Crippen LogP contribution in [-0.4, -0.2) is 35.7 Å². The molecule has 0 saturated heterocycles. The molecule has 8 heteroatoms. The molecule has 0 spiro atoms. The fourth-order valence-corrected chi connectivity index (χ4v) is 2.82. The fourth-order valence-electron chi connectivity index (χ4n) is 2.82. The van der Waals surface area contributed by atoms with Crippen molar-refractivity contribution in [3.05, 3.63) is 39.9 Å². The maximum atomic E-state index is 12.3. The number of methoxy groups -OCH3 is 1. The molecule has 0 bridgehead atoms. The van der Waals surface area contributed by atoms with E-state index in [4.69, 9.17) is 4.74 Å². The van der Waals surface area contributed by atoms with E-state index in [2.05, 4.69) is 5.32 Å². The summed E-state index contributed by atoms with van der Waals surface area (Å²) in [5.74, 6) is -1.54. The predicted octanol–water partition coefficient (Wildman–Crippen LogP) is 1.63. The summed E-state index contributed by atoms with van der Waals surface area (Å²) in [6.45, 7) is 0. The molecule has 2 rings (SSSR count). The standard InChI is InChI=1S/C16H18N2O6/c1-24-16(21)14(10-4-3-7-13(19)9-10)17-15(20)11-5-2-6-12(8-11)18(22)23/h2,5-6,8,10,14H,3-4,7,9H2,1H3,(H,17,20)/t10-,14-/m0/s1. The summed E-state index contributed by atoms with van der Waals surface area (Å²) in [4.78, 5) is 46.2. The van der Waals surface area contributed by atoms with Gasteiger partial charge in [0, 0.05) is 30.5 Å². The van der Waals surface area contributed by atoms with Crippen molar-refractivity contribution in [3.63, 3.8) is 0 Å². The molecular formula is C16H18N2O6. The van der Waals surface area contributed by atoms with Crippen molar-refractivity contribution >= 4 is 23.3 Å². The Morgan fingerprint density at radius 1 is 1.42 bits per heavy atom. The number of nitro groups is 1. The highest BCUT2D eigenvalue weighted by molar-refractivity contribution is 5.97. The van der Waals surface area contributed by atoms with E-state index in [0.717, 1.165) is 6.07 Å². The third kappa shape index (κ3) is 4.15. The van der Waals surface area contributed by atoms with Gasteiger partial charge in [-0.2, -0.15) is 0 Å². The Balaban J connectivity index is 2.18. The highest BCUT2D eigenvalue weighted by Crippen LogP contribution is 2.25. The number of nitrogens with one attached hydrogen (secondary N) is 1. The van der Waals surface area contributed by atoms with Gasteiger partial charge in [-0.05, 0) is 24.8 Å². The minimum absolute atomic E-state index is 0.0461. The van der Waals surface area contributed by atoms with Gasteiger partial charge in [-0.1, -0.05) is 6.07 Å². The van der Waals surface area contributed by atoms with Gasteiger partial charge in [0.1, 0.15) is 11.8 Å². The Labute approximate surface area is 138 Å². The molecule has 0 heterocycles. The van der Waals surface area contributed by atoms with Crippen LogP contribution in [0.4, 0.5) is 5.69 Å².